The summed E-state index contributed by atoms with van der Waals surface area (Å²) in [5.41, 5.74) is 2.40. The fourth-order valence-corrected chi connectivity index (χ4v) is 2.18. The molecule has 0 aliphatic carbocycles. The van der Waals surface area contributed by atoms with E-state index in [4.69, 9.17) is 4.74 Å². The van der Waals surface area contributed by atoms with E-state index in [1.807, 2.05) is 19.2 Å². The SMILES string of the molecule is CNc1nnc(COc2cc(C)cc(C)c2)s1. The smallest absolute Gasteiger partial charge is 0.205 e. The molecule has 2 aromatic rings. The average Bonchev–Trinajstić information content (AvgIpc) is 2.73. The summed E-state index contributed by atoms with van der Waals surface area (Å²) in [5.74, 6) is 0.878. The Bertz CT molecular complexity index is 490. The van der Waals surface area contributed by atoms with Crippen molar-refractivity contribution in [1.29, 1.82) is 0 Å². The van der Waals surface area contributed by atoms with Crippen molar-refractivity contribution in [1.82, 2.24) is 10.2 Å². The third-order valence-corrected chi connectivity index (χ3v) is 3.15. The van der Waals surface area contributed by atoms with Crippen LogP contribution in [0.15, 0.2) is 18.2 Å². The van der Waals surface area contributed by atoms with Crippen LogP contribution in [0.3, 0.4) is 0 Å². The molecule has 1 N–H and O–H groups in total. The molecule has 2 rings (SSSR count). The number of aryl methyl sites for hydroxylation is 2. The number of aromatic nitrogens is 2. The van der Waals surface area contributed by atoms with Gasteiger partial charge < -0.3 is 10.1 Å². The van der Waals surface area contributed by atoms with E-state index in [1.165, 1.54) is 22.5 Å². The van der Waals surface area contributed by atoms with E-state index in [9.17, 15) is 0 Å². The summed E-state index contributed by atoms with van der Waals surface area (Å²) in [7, 11) is 1.83. The number of hydrogen-bond acceptors (Lipinski definition) is 5. The maximum Gasteiger partial charge on any atom is 0.205 e. The van der Waals surface area contributed by atoms with Gasteiger partial charge in [-0.15, -0.1) is 10.2 Å². The van der Waals surface area contributed by atoms with E-state index in [0.29, 0.717) is 6.61 Å². The fraction of sp³-hybridized carbons (Fsp3) is 0.333. The van der Waals surface area contributed by atoms with Gasteiger partial charge in [0.25, 0.3) is 0 Å². The quantitative estimate of drug-likeness (QED) is 0.905. The lowest BCUT2D eigenvalue weighted by atomic mass is 10.1. The van der Waals surface area contributed by atoms with Crippen LogP contribution in [-0.2, 0) is 6.61 Å². The normalized spacial score (nSPS) is 10.3. The van der Waals surface area contributed by atoms with Crippen molar-refractivity contribution in [3.05, 3.63) is 34.3 Å². The van der Waals surface area contributed by atoms with Crippen LogP contribution in [0, 0.1) is 13.8 Å². The molecule has 17 heavy (non-hydrogen) atoms. The first-order chi connectivity index (χ1) is 8.17. The lowest BCUT2D eigenvalue weighted by Crippen LogP contribution is -1.95. The van der Waals surface area contributed by atoms with Gasteiger partial charge in [-0.05, 0) is 37.1 Å². The minimum atomic E-state index is 0.461. The van der Waals surface area contributed by atoms with Crippen LogP contribution in [-0.4, -0.2) is 17.2 Å². The zero-order valence-corrected chi connectivity index (χ0v) is 11.0. The maximum atomic E-state index is 5.69. The number of benzene rings is 1. The van der Waals surface area contributed by atoms with Gasteiger partial charge in [0.15, 0.2) is 5.01 Å². The number of ether oxygens (including phenoxy) is 1. The van der Waals surface area contributed by atoms with Crippen molar-refractivity contribution in [2.45, 2.75) is 20.5 Å². The lowest BCUT2D eigenvalue weighted by Gasteiger charge is -2.06. The van der Waals surface area contributed by atoms with Gasteiger partial charge in [-0.3, -0.25) is 0 Å². The van der Waals surface area contributed by atoms with Gasteiger partial charge in [0.2, 0.25) is 5.13 Å². The summed E-state index contributed by atoms with van der Waals surface area (Å²) in [5, 5.41) is 12.6. The second-order valence-corrected chi connectivity index (χ2v) is 4.93. The van der Waals surface area contributed by atoms with E-state index in [2.05, 4.69) is 35.4 Å². The van der Waals surface area contributed by atoms with Gasteiger partial charge in [0, 0.05) is 7.05 Å². The van der Waals surface area contributed by atoms with E-state index < -0.39 is 0 Å². The highest BCUT2D eigenvalue weighted by atomic mass is 32.1. The monoisotopic (exact) mass is 249 g/mol. The third kappa shape index (κ3) is 3.17. The Kier molecular flexibility index (Phi) is 3.58. The number of nitrogens with one attached hydrogen (secondary N) is 1. The van der Waals surface area contributed by atoms with Gasteiger partial charge >= 0.3 is 0 Å². The number of hydrogen-bond donors (Lipinski definition) is 1. The maximum absolute atomic E-state index is 5.69. The van der Waals surface area contributed by atoms with Crippen LogP contribution in [0.1, 0.15) is 16.1 Å². The molecule has 1 aromatic carbocycles. The molecule has 4 nitrogen and oxygen atoms in total. The average molecular weight is 249 g/mol. The Morgan fingerprint density at radius 2 is 1.88 bits per heavy atom. The van der Waals surface area contributed by atoms with Gasteiger partial charge in [0.05, 0.1) is 0 Å². The molecular weight excluding hydrogens is 234 g/mol. The largest absolute Gasteiger partial charge is 0.486 e. The zero-order valence-electron chi connectivity index (χ0n) is 10.2. The molecule has 0 saturated carbocycles. The molecule has 5 heteroatoms. The van der Waals surface area contributed by atoms with E-state index in [0.717, 1.165) is 15.9 Å². The summed E-state index contributed by atoms with van der Waals surface area (Å²) in [6.45, 7) is 4.58. The lowest BCUT2D eigenvalue weighted by molar-refractivity contribution is 0.304. The summed E-state index contributed by atoms with van der Waals surface area (Å²) >= 11 is 1.50. The summed E-state index contributed by atoms with van der Waals surface area (Å²) < 4.78 is 5.69. The summed E-state index contributed by atoms with van der Waals surface area (Å²) in [6.07, 6.45) is 0. The minimum absolute atomic E-state index is 0.461. The molecule has 1 aromatic heterocycles. The predicted octanol–water partition coefficient (Wildman–Crippen LogP) is 2.78. The molecule has 0 amide bonds. The van der Waals surface area contributed by atoms with Gasteiger partial charge in [-0.25, -0.2) is 0 Å². The second kappa shape index (κ2) is 5.14. The molecule has 0 atom stereocenters. The van der Waals surface area contributed by atoms with Crippen LogP contribution in [0.2, 0.25) is 0 Å². The molecule has 0 fully saturated rings. The summed E-state index contributed by atoms with van der Waals surface area (Å²) in [4.78, 5) is 0. The molecule has 0 unspecified atom stereocenters. The number of anilines is 1. The first-order valence-electron chi connectivity index (χ1n) is 5.38. The van der Waals surface area contributed by atoms with Crippen LogP contribution in [0.4, 0.5) is 5.13 Å². The highest BCUT2D eigenvalue weighted by molar-refractivity contribution is 7.15. The van der Waals surface area contributed by atoms with Gasteiger partial charge in [-0.2, -0.15) is 0 Å². The Morgan fingerprint density at radius 3 is 2.47 bits per heavy atom. The Labute approximate surface area is 105 Å². The number of rotatable bonds is 4. The Hall–Kier alpha value is -1.62. The van der Waals surface area contributed by atoms with E-state index in [-0.39, 0.29) is 0 Å². The first-order valence-corrected chi connectivity index (χ1v) is 6.20. The number of nitrogens with zero attached hydrogens (tertiary/aromatic N) is 2. The van der Waals surface area contributed by atoms with Crippen molar-refractivity contribution in [2.75, 3.05) is 12.4 Å². The van der Waals surface area contributed by atoms with Crippen LogP contribution >= 0.6 is 11.3 Å². The van der Waals surface area contributed by atoms with Crippen LogP contribution < -0.4 is 10.1 Å². The molecule has 90 valence electrons. The molecule has 0 aliphatic heterocycles. The molecule has 0 aliphatic rings. The van der Waals surface area contributed by atoms with Crippen molar-refractivity contribution in [3.63, 3.8) is 0 Å². The van der Waals surface area contributed by atoms with E-state index >= 15 is 0 Å². The Balaban J connectivity index is 2.01. The fourth-order valence-electron chi connectivity index (χ4n) is 1.57. The van der Waals surface area contributed by atoms with Crippen LogP contribution in [0.5, 0.6) is 5.75 Å². The zero-order chi connectivity index (χ0) is 12.3. The predicted molar refractivity (Wildman–Crippen MR) is 69.7 cm³/mol. The van der Waals surface area contributed by atoms with Crippen molar-refractivity contribution < 1.29 is 4.74 Å². The first kappa shape index (κ1) is 11.9. The van der Waals surface area contributed by atoms with E-state index in [1.54, 1.807) is 0 Å². The topological polar surface area (TPSA) is 47.0 Å². The van der Waals surface area contributed by atoms with Crippen molar-refractivity contribution >= 4 is 16.5 Å². The summed E-state index contributed by atoms with van der Waals surface area (Å²) in [6, 6.07) is 6.16. The van der Waals surface area contributed by atoms with Gasteiger partial charge in [-0.1, -0.05) is 17.4 Å². The molecule has 0 bridgehead atoms. The molecule has 1 heterocycles. The minimum Gasteiger partial charge on any atom is -0.486 e. The molecule has 0 spiro atoms. The molecule has 0 radical (unpaired) electrons. The van der Waals surface area contributed by atoms with Crippen molar-refractivity contribution in [2.24, 2.45) is 0 Å². The van der Waals surface area contributed by atoms with Crippen LogP contribution in [0.25, 0.3) is 0 Å². The highest BCUT2D eigenvalue weighted by Gasteiger charge is 2.04. The second-order valence-electron chi connectivity index (χ2n) is 3.86. The third-order valence-electron chi connectivity index (χ3n) is 2.24. The van der Waals surface area contributed by atoms with Crippen molar-refractivity contribution in [3.8, 4) is 5.75 Å². The van der Waals surface area contributed by atoms with Gasteiger partial charge in [0.1, 0.15) is 12.4 Å². The standard InChI is InChI=1S/C12H15N3OS/c1-8-4-9(2)6-10(5-8)16-7-11-14-15-12(13-3)17-11/h4-6H,7H2,1-3H3,(H,13,15). The highest BCUT2D eigenvalue weighted by Crippen LogP contribution is 2.20. The molecule has 0 saturated heterocycles. The molecular formula is C12H15N3OS. The Morgan fingerprint density at radius 1 is 1.18 bits per heavy atom.